The third-order valence-corrected chi connectivity index (χ3v) is 4.56. The highest BCUT2D eigenvalue weighted by Crippen LogP contribution is 2.29. The van der Waals surface area contributed by atoms with Gasteiger partial charge in [0.15, 0.2) is 5.82 Å². The van der Waals surface area contributed by atoms with Crippen LogP contribution in [-0.2, 0) is 6.42 Å². The Balaban J connectivity index is 1.67. The van der Waals surface area contributed by atoms with Crippen LogP contribution in [0.25, 0.3) is 44.7 Å². The molecule has 0 atom stereocenters. The van der Waals surface area contributed by atoms with Crippen LogP contribution in [0, 0.1) is 0 Å². The fourth-order valence-electron chi connectivity index (χ4n) is 3.14. The number of hydrogen-bond acceptors (Lipinski definition) is 4. The molecule has 0 aliphatic carbocycles. The van der Waals surface area contributed by atoms with Crippen molar-refractivity contribution >= 4 is 21.9 Å². The van der Waals surface area contributed by atoms with Gasteiger partial charge in [0.25, 0.3) is 0 Å². The van der Waals surface area contributed by atoms with Crippen LogP contribution < -0.4 is 0 Å². The predicted octanol–water partition coefficient (Wildman–Crippen LogP) is 4.13. The van der Waals surface area contributed by atoms with Crippen LogP contribution in [0.4, 0.5) is 0 Å². The number of fused-ring (bicyclic) bond motifs is 2. The molecule has 0 unspecified atom stereocenters. The van der Waals surface area contributed by atoms with Crippen molar-refractivity contribution in [3.05, 3.63) is 60.6 Å². The Morgan fingerprint density at radius 3 is 2.81 bits per heavy atom. The molecule has 6 nitrogen and oxygen atoms in total. The number of nitrogens with one attached hydrogen (secondary N) is 2. The number of H-pyrrole nitrogens is 2. The van der Waals surface area contributed by atoms with Crippen LogP contribution in [0.2, 0.25) is 0 Å². The summed E-state index contributed by atoms with van der Waals surface area (Å²) in [5.41, 5.74) is 6.65. The van der Waals surface area contributed by atoms with E-state index < -0.39 is 0 Å². The predicted molar refractivity (Wildman–Crippen MR) is 102 cm³/mol. The number of pyridine rings is 2. The van der Waals surface area contributed by atoms with Crippen molar-refractivity contribution in [2.24, 2.45) is 0 Å². The first-order chi connectivity index (χ1) is 12.8. The molecule has 0 radical (unpaired) electrons. The molecule has 6 heteroatoms. The van der Waals surface area contributed by atoms with Crippen molar-refractivity contribution in [2.75, 3.05) is 0 Å². The lowest BCUT2D eigenvalue weighted by molar-refractivity contribution is 1.10. The van der Waals surface area contributed by atoms with Crippen LogP contribution >= 0.6 is 0 Å². The van der Waals surface area contributed by atoms with Gasteiger partial charge >= 0.3 is 0 Å². The molecule has 0 saturated carbocycles. The fraction of sp³-hybridized carbons (Fsp3) is 0.100. The third kappa shape index (κ3) is 2.35. The van der Waals surface area contributed by atoms with Gasteiger partial charge in [-0.15, -0.1) is 0 Å². The lowest BCUT2D eigenvalue weighted by atomic mass is 10.1. The van der Waals surface area contributed by atoms with Gasteiger partial charge in [-0.3, -0.25) is 15.1 Å². The van der Waals surface area contributed by atoms with Gasteiger partial charge in [0.1, 0.15) is 5.69 Å². The monoisotopic (exact) mass is 340 g/mol. The summed E-state index contributed by atoms with van der Waals surface area (Å²) in [6.45, 7) is 2.12. The summed E-state index contributed by atoms with van der Waals surface area (Å²) < 4.78 is 0. The van der Waals surface area contributed by atoms with E-state index in [1.165, 1.54) is 5.56 Å². The molecule has 0 aliphatic rings. The van der Waals surface area contributed by atoms with E-state index in [4.69, 9.17) is 0 Å². The highest BCUT2D eigenvalue weighted by molar-refractivity contribution is 5.94. The van der Waals surface area contributed by atoms with E-state index >= 15 is 0 Å². The Morgan fingerprint density at radius 2 is 1.92 bits per heavy atom. The molecular weight excluding hydrogens is 324 g/mol. The summed E-state index contributed by atoms with van der Waals surface area (Å²) >= 11 is 0. The van der Waals surface area contributed by atoms with Crippen molar-refractivity contribution in [1.29, 1.82) is 0 Å². The summed E-state index contributed by atoms with van der Waals surface area (Å²) in [7, 11) is 0. The Morgan fingerprint density at radius 1 is 1.00 bits per heavy atom. The maximum absolute atomic E-state index is 4.66. The van der Waals surface area contributed by atoms with Gasteiger partial charge in [0, 0.05) is 23.3 Å². The molecule has 0 saturated heterocycles. The number of aromatic amines is 2. The number of imidazole rings is 1. The second-order valence-electron chi connectivity index (χ2n) is 6.23. The molecule has 5 aromatic rings. The normalized spacial score (nSPS) is 11.4. The first-order valence-corrected chi connectivity index (χ1v) is 8.55. The zero-order valence-electron chi connectivity index (χ0n) is 14.2. The van der Waals surface area contributed by atoms with Crippen molar-refractivity contribution < 1.29 is 0 Å². The van der Waals surface area contributed by atoms with Crippen molar-refractivity contribution in [2.45, 2.75) is 13.3 Å². The Labute approximate surface area is 149 Å². The van der Waals surface area contributed by atoms with Gasteiger partial charge in [-0.2, -0.15) is 5.10 Å². The molecule has 126 valence electrons. The Bertz CT molecular complexity index is 1200. The van der Waals surface area contributed by atoms with E-state index in [0.717, 1.165) is 51.1 Å². The number of rotatable bonds is 3. The van der Waals surface area contributed by atoms with E-state index in [1.54, 1.807) is 0 Å². The molecule has 1 aromatic carbocycles. The summed E-state index contributed by atoms with van der Waals surface area (Å²) in [4.78, 5) is 16.9. The third-order valence-electron chi connectivity index (χ3n) is 4.56. The van der Waals surface area contributed by atoms with Crippen molar-refractivity contribution in [3.8, 4) is 22.8 Å². The number of nitrogens with zero attached hydrogens (tertiary/aromatic N) is 4. The minimum absolute atomic E-state index is 0.745. The first-order valence-electron chi connectivity index (χ1n) is 8.55. The van der Waals surface area contributed by atoms with Crippen molar-refractivity contribution in [3.63, 3.8) is 0 Å². The zero-order valence-corrected chi connectivity index (χ0v) is 14.2. The minimum atomic E-state index is 0.745. The largest absolute Gasteiger partial charge is 0.337 e. The van der Waals surface area contributed by atoms with Crippen LogP contribution in [-0.4, -0.2) is 30.1 Å². The highest BCUT2D eigenvalue weighted by atomic mass is 15.1. The summed E-state index contributed by atoms with van der Waals surface area (Å²) in [5.74, 6) is 0.745. The maximum Gasteiger partial charge on any atom is 0.159 e. The Hall–Kier alpha value is -3.54. The molecule has 0 fully saturated rings. The molecule has 0 aliphatic heterocycles. The van der Waals surface area contributed by atoms with Gasteiger partial charge in [0.05, 0.1) is 28.4 Å². The molecule has 4 heterocycles. The van der Waals surface area contributed by atoms with Gasteiger partial charge < -0.3 is 4.98 Å². The number of hydrogen-bond donors (Lipinski definition) is 2. The average molecular weight is 340 g/mol. The molecule has 0 amide bonds. The highest BCUT2D eigenvalue weighted by Gasteiger charge is 2.14. The lowest BCUT2D eigenvalue weighted by Crippen LogP contribution is -1.89. The van der Waals surface area contributed by atoms with Crippen molar-refractivity contribution in [1.82, 2.24) is 30.1 Å². The average Bonchev–Trinajstić information content (AvgIpc) is 3.31. The molecule has 0 spiro atoms. The summed E-state index contributed by atoms with van der Waals surface area (Å²) in [6, 6.07) is 12.1. The van der Waals surface area contributed by atoms with E-state index in [1.807, 2.05) is 48.9 Å². The standard InChI is InChI=1S/C20H16N6/c1-2-12-7-13(10-21-9-12)17-8-14-18(11-22-17)25-26-19(14)20-23-15-5-3-4-6-16(15)24-20/h3-11H,2H2,1H3,(H,23,24)(H,25,26). The molecule has 2 N–H and O–H groups in total. The Kier molecular flexibility index (Phi) is 3.28. The molecule has 26 heavy (non-hydrogen) atoms. The lowest BCUT2D eigenvalue weighted by Gasteiger charge is -2.03. The number of aryl methyl sites for hydroxylation is 1. The smallest absolute Gasteiger partial charge is 0.159 e. The summed E-state index contributed by atoms with van der Waals surface area (Å²) in [6.07, 6.45) is 6.48. The van der Waals surface area contributed by atoms with E-state index in [-0.39, 0.29) is 0 Å². The van der Waals surface area contributed by atoms with Crippen LogP contribution in [0.15, 0.2) is 55.0 Å². The molecule has 5 rings (SSSR count). The number of para-hydroxylation sites is 2. The number of benzene rings is 1. The first kappa shape index (κ1) is 14.8. The minimum Gasteiger partial charge on any atom is -0.337 e. The number of aromatic nitrogens is 6. The topological polar surface area (TPSA) is 83.1 Å². The fourth-order valence-corrected chi connectivity index (χ4v) is 3.14. The quantitative estimate of drug-likeness (QED) is 0.517. The van der Waals surface area contributed by atoms with Gasteiger partial charge in [0.2, 0.25) is 0 Å². The zero-order chi connectivity index (χ0) is 17.5. The van der Waals surface area contributed by atoms with E-state index in [2.05, 4.69) is 43.1 Å². The van der Waals surface area contributed by atoms with Crippen LogP contribution in [0.3, 0.4) is 0 Å². The molecule has 4 aromatic heterocycles. The molecule has 0 bridgehead atoms. The SMILES string of the molecule is CCc1cncc(-c2cc3c(-c4nc5ccccc5[nH]4)n[nH]c3cn2)c1. The van der Waals surface area contributed by atoms with Gasteiger partial charge in [-0.1, -0.05) is 19.1 Å². The van der Waals surface area contributed by atoms with Gasteiger partial charge in [-0.25, -0.2) is 4.98 Å². The van der Waals surface area contributed by atoms with Crippen LogP contribution in [0.1, 0.15) is 12.5 Å². The molecular formula is C20H16N6. The second kappa shape index (κ2) is 5.77. The second-order valence-corrected chi connectivity index (χ2v) is 6.23. The van der Waals surface area contributed by atoms with E-state index in [0.29, 0.717) is 0 Å². The maximum atomic E-state index is 4.66. The van der Waals surface area contributed by atoms with Crippen LogP contribution in [0.5, 0.6) is 0 Å². The van der Waals surface area contributed by atoms with E-state index in [9.17, 15) is 0 Å². The van der Waals surface area contributed by atoms with Gasteiger partial charge in [-0.05, 0) is 36.2 Å². The summed E-state index contributed by atoms with van der Waals surface area (Å²) in [5, 5.41) is 8.48.